The van der Waals surface area contributed by atoms with Gasteiger partial charge in [-0.1, -0.05) is 58.0 Å². The molecule has 2 atom stereocenters. The summed E-state index contributed by atoms with van der Waals surface area (Å²) >= 11 is 0. The Morgan fingerprint density at radius 1 is 1.17 bits per heavy atom. The molecule has 1 aliphatic rings. The second kappa shape index (κ2) is 9.11. The van der Waals surface area contributed by atoms with Crippen molar-refractivity contribution >= 4 is 5.91 Å². The standard InChI is InChI=1S/C26H35NO3/c1-7-26(8-2)16-22(21-11-9-10-12-23(21)30-26)27-25(28)19(6)29-24-15-18(5)13-14-20(24)17(3)4/h9-15,17,19,22H,7-8,16H2,1-6H3,(H,27,28). The van der Waals surface area contributed by atoms with Gasteiger partial charge in [0.15, 0.2) is 6.10 Å². The summed E-state index contributed by atoms with van der Waals surface area (Å²) < 4.78 is 12.5. The van der Waals surface area contributed by atoms with E-state index in [0.717, 1.165) is 47.5 Å². The van der Waals surface area contributed by atoms with Crippen molar-refractivity contribution < 1.29 is 14.3 Å². The number of amides is 1. The van der Waals surface area contributed by atoms with E-state index in [-0.39, 0.29) is 17.6 Å². The van der Waals surface area contributed by atoms with Gasteiger partial charge in [0.2, 0.25) is 0 Å². The van der Waals surface area contributed by atoms with Crippen molar-refractivity contribution in [1.29, 1.82) is 0 Å². The lowest BCUT2D eigenvalue weighted by Crippen LogP contribution is -2.47. The largest absolute Gasteiger partial charge is 0.487 e. The highest BCUT2D eigenvalue weighted by molar-refractivity contribution is 5.81. The van der Waals surface area contributed by atoms with Crippen LogP contribution in [0.2, 0.25) is 0 Å². The molecule has 162 valence electrons. The molecular weight excluding hydrogens is 374 g/mol. The number of rotatable bonds is 7. The third-order valence-electron chi connectivity index (χ3n) is 6.27. The van der Waals surface area contributed by atoms with Crippen LogP contribution in [-0.4, -0.2) is 17.6 Å². The smallest absolute Gasteiger partial charge is 0.261 e. The molecule has 3 rings (SSSR count). The Hall–Kier alpha value is -2.49. The highest BCUT2D eigenvalue weighted by Gasteiger charge is 2.39. The highest BCUT2D eigenvalue weighted by atomic mass is 16.5. The van der Waals surface area contributed by atoms with Crippen LogP contribution < -0.4 is 14.8 Å². The predicted octanol–water partition coefficient (Wildman–Crippen LogP) is 6.08. The van der Waals surface area contributed by atoms with E-state index < -0.39 is 6.10 Å². The Labute approximate surface area is 181 Å². The minimum absolute atomic E-state index is 0.0875. The van der Waals surface area contributed by atoms with E-state index in [4.69, 9.17) is 9.47 Å². The van der Waals surface area contributed by atoms with Gasteiger partial charge in [-0.2, -0.15) is 0 Å². The van der Waals surface area contributed by atoms with E-state index in [1.807, 2.05) is 44.2 Å². The van der Waals surface area contributed by atoms with Crippen molar-refractivity contribution in [2.24, 2.45) is 0 Å². The zero-order valence-corrected chi connectivity index (χ0v) is 19.1. The normalized spacial score (nSPS) is 18.3. The molecule has 2 aromatic carbocycles. The molecule has 0 saturated heterocycles. The highest BCUT2D eigenvalue weighted by Crippen LogP contribution is 2.42. The average molecular weight is 410 g/mol. The number of fused-ring (bicyclic) bond motifs is 1. The molecule has 0 bridgehead atoms. The Balaban J connectivity index is 1.79. The number of hydrogen-bond donors (Lipinski definition) is 1. The number of hydrogen-bond acceptors (Lipinski definition) is 3. The third kappa shape index (κ3) is 4.63. The van der Waals surface area contributed by atoms with E-state index in [1.165, 1.54) is 0 Å². The van der Waals surface area contributed by atoms with Crippen LogP contribution in [0.15, 0.2) is 42.5 Å². The van der Waals surface area contributed by atoms with Crippen LogP contribution in [0.1, 0.15) is 82.5 Å². The van der Waals surface area contributed by atoms with Gasteiger partial charge in [0.25, 0.3) is 5.91 Å². The molecule has 30 heavy (non-hydrogen) atoms. The molecule has 0 fully saturated rings. The molecule has 0 saturated carbocycles. The van der Waals surface area contributed by atoms with Gasteiger partial charge in [-0.15, -0.1) is 0 Å². The minimum Gasteiger partial charge on any atom is -0.487 e. The summed E-state index contributed by atoms with van der Waals surface area (Å²) in [7, 11) is 0. The fourth-order valence-corrected chi connectivity index (χ4v) is 4.18. The van der Waals surface area contributed by atoms with Crippen LogP contribution >= 0.6 is 0 Å². The molecular formula is C26H35NO3. The first-order valence-corrected chi connectivity index (χ1v) is 11.1. The van der Waals surface area contributed by atoms with Crippen LogP contribution in [0, 0.1) is 6.92 Å². The Morgan fingerprint density at radius 2 is 1.87 bits per heavy atom. The maximum atomic E-state index is 13.1. The van der Waals surface area contributed by atoms with Gasteiger partial charge < -0.3 is 14.8 Å². The SMILES string of the molecule is CCC1(CC)CC(NC(=O)C(C)Oc2cc(C)ccc2C(C)C)c2ccccc2O1. The van der Waals surface area contributed by atoms with E-state index >= 15 is 0 Å². The number of para-hydroxylation sites is 1. The van der Waals surface area contributed by atoms with E-state index in [0.29, 0.717) is 5.92 Å². The van der Waals surface area contributed by atoms with Crippen LogP contribution in [0.3, 0.4) is 0 Å². The Bertz CT molecular complexity index is 886. The lowest BCUT2D eigenvalue weighted by molar-refractivity contribution is -0.128. The maximum Gasteiger partial charge on any atom is 0.261 e. The molecule has 0 radical (unpaired) electrons. The maximum absolute atomic E-state index is 13.1. The molecule has 2 unspecified atom stereocenters. The monoisotopic (exact) mass is 409 g/mol. The Kier molecular flexibility index (Phi) is 6.74. The lowest BCUT2D eigenvalue weighted by Gasteiger charge is -2.42. The average Bonchev–Trinajstić information content (AvgIpc) is 2.73. The van der Waals surface area contributed by atoms with Crippen molar-refractivity contribution in [2.75, 3.05) is 0 Å². The molecule has 1 N–H and O–H groups in total. The molecule has 0 aromatic heterocycles. The summed E-state index contributed by atoms with van der Waals surface area (Å²) in [6.07, 6.45) is 1.98. The van der Waals surface area contributed by atoms with Crippen molar-refractivity contribution in [3.8, 4) is 11.5 Å². The number of aryl methyl sites for hydroxylation is 1. The van der Waals surface area contributed by atoms with Gasteiger partial charge in [0.05, 0.1) is 6.04 Å². The topological polar surface area (TPSA) is 47.6 Å². The van der Waals surface area contributed by atoms with Crippen molar-refractivity contribution in [3.63, 3.8) is 0 Å². The van der Waals surface area contributed by atoms with Crippen molar-refractivity contribution in [1.82, 2.24) is 5.32 Å². The predicted molar refractivity (Wildman–Crippen MR) is 121 cm³/mol. The molecule has 4 heteroatoms. The van der Waals surface area contributed by atoms with Gasteiger partial charge in [0, 0.05) is 12.0 Å². The molecule has 1 aliphatic heterocycles. The molecule has 2 aromatic rings. The van der Waals surface area contributed by atoms with Crippen LogP contribution in [-0.2, 0) is 4.79 Å². The third-order valence-corrected chi connectivity index (χ3v) is 6.27. The van der Waals surface area contributed by atoms with Gasteiger partial charge in [-0.05, 0) is 55.9 Å². The van der Waals surface area contributed by atoms with E-state index in [9.17, 15) is 4.79 Å². The fourth-order valence-electron chi connectivity index (χ4n) is 4.18. The summed E-state index contributed by atoms with van der Waals surface area (Å²) in [5, 5.41) is 3.24. The zero-order valence-electron chi connectivity index (χ0n) is 19.1. The van der Waals surface area contributed by atoms with Crippen molar-refractivity contribution in [3.05, 3.63) is 59.2 Å². The van der Waals surface area contributed by atoms with Gasteiger partial charge >= 0.3 is 0 Å². The number of ether oxygens (including phenoxy) is 2. The van der Waals surface area contributed by atoms with E-state index in [2.05, 4.69) is 45.1 Å². The van der Waals surface area contributed by atoms with Crippen molar-refractivity contribution in [2.45, 2.75) is 84.5 Å². The van der Waals surface area contributed by atoms with Crippen LogP contribution in [0.5, 0.6) is 11.5 Å². The number of carbonyl (C=O) groups excluding carboxylic acids is 1. The first-order chi connectivity index (χ1) is 14.3. The summed E-state index contributed by atoms with van der Waals surface area (Å²) in [6, 6.07) is 14.1. The second-order valence-corrected chi connectivity index (χ2v) is 8.75. The molecule has 1 heterocycles. The van der Waals surface area contributed by atoms with E-state index in [1.54, 1.807) is 0 Å². The van der Waals surface area contributed by atoms with Gasteiger partial charge in [-0.3, -0.25) is 4.79 Å². The summed E-state index contributed by atoms with van der Waals surface area (Å²) in [6.45, 7) is 12.4. The number of carbonyl (C=O) groups is 1. The lowest BCUT2D eigenvalue weighted by atomic mass is 9.83. The summed E-state index contributed by atoms with van der Waals surface area (Å²) in [5.74, 6) is 1.88. The zero-order chi connectivity index (χ0) is 21.9. The number of benzene rings is 2. The first-order valence-electron chi connectivity index (χ1n) is 11.1. The quantitative estimate of drug-likeness (QED) is 0.602. The Morgan fingerprint density at radius 3 is 2.53 bits per heavy atom. The summed E-state index contributed by atoms with van der Waals surface area (Å²) in [5.41, 5.74) is 3.02. The number of nitrogens with one attached hydrogen (secondary N) is 1. The van der Waals surface area contributed by atoms with Gasteiger partial charge in [0.1, 0.15) is 17.1 Å². The summed E-state index contributed by atoms with van der Waals surface area (Å²) in [4.78, 5) is 13.1. The second-order valence-electron chi connectivity index (χ2n) is 8.75. The van der Waals surface area contributed by atoms with Crippen LogP contribution in [0.4, 0.5) is 0 Å². The molecule has 0 aliphatic carbocycles. The van der Waals surface area contributed by atoms with Gasteiger partial charge in [-0.25, -0.2) is 0 Å². The molecule has 1 amide bonds. The molecule has 4 nitrogen and oxygen atoms in total. The van der Waals surface area contributed by atoms with Crippen LogP contribution in [0.25, 0.3) is 0 Å². The fraction of sp³-hybridized carbons (Fsp3) is 0.500. The molecule has 0 spiro atoms. The first kappa shape index (κ1) is 22.2. The minimum atomic E-state index is -0.586.